The first-order valence-corrected chi connectivity index (χ1v) is 16.3. The molecular formula is C38H40N4O2S. The fourth-order valence-corrected chi connectivity index (χ4v) is 7.50. The molecule has 0 unspecified atom stereocenters. The van der Waals surface area contributed by atoms with Crippen LogP contribution < -0.4 is 14.7 Å². The highest BCUT2D eigenvalue weighted by Gasteiger charge is 2.40. The highest BCUT2D eigenvalue weighted by Crippen LogP contribution is 2.52. The largest absolute Gasteiger partial charge is 0.477 e. The number of hydrogen-bond donors (Lipinski definition) is 1. The number of benzene rings is 3. The van der Waals surface area contributed by atoms with Crippen molar-refractivity contribution in [3.63, 3.8) is 0 Å². The molecular weight excluding hydrogens is 577 g/mol. The monoisotopic (exact) mass is 616 g/mol. The summed E-state index contributed by atoms with van der Waals surface area (Å²) in [7, 11) is 4.12. The Balaban J connectivity index is 1.46. The van der Waals surface area contributed by atoms with Crippen LogP contribution in [0.25, 0.3) is 16.5 Å². The molecule has 7 heteroatoms. The SMILES string of the molecule is CN(C)c1ccc(N(c2ccc(-c3ccc(C=C(C#N)C(=O)O)s3)cc2)c2cc3c4c(c2)C(C)(C)CCN4CCC3(C)C)cc1. The summed E-state index contributed by atoms with van der Waals surface area (Å²) in [5, 5.41) is 18.4. The molecule has 0 amide bonds. The van der Waals surface area contributed by atoms with E-state index in [1.807, 2.05) is 12.1 Å². The van der Waals surface area contributed by atoms with Crippen LogP contribution in [0.4, 0.5) is 28.4 Å². The third-order valence-corrected chi connectivity index (χ3v) is 10.5. The topological polar surface area (TPSA) is 70.8 Å². The molecule has 45 heavy (non-hydrogen) atoms. The van der Waals surface area contributed by atoms with Gasteiger partial charge in [-0.2, -0.15) is 5.26 Å². The summed E-state index contributed by atoms with van der Waals surface area (Å²) in [6, 6.07) is 27.7. The molecule has 4 aromatic rings. The Morgan fingerprint density at radius 2 is 1.38 bits per heavy atom. The van der Waals surface area contributed by atoms with Gasteiger partial charge in [0.1, 0.15) is 11.6 Å². The second kappa shape index (κ2) is 11.4. The molecule has 0 aliphatic carbocycles. The Kier molecular flexibility index (Phi) is 7.74. The van der Waals surface area contributed by atoms with E-state index in [9.17, 15) is 9.90 Å². The first kappa shape index (κ1) is 30.5. The lowest BCUT2D eigenvalue weighted by Gasteiger charge is -2.48. The molecule has 0 saturated heterocycles. The first-order valence-electron chi connectivity index (χ1n) is 15.4. The quantitative estimate of drug-likeness (QED) is 0.165. The molecule has 6 rings (SSSR count). The maximum absolute atomic E-state index is 11.3. The van der Waals surface area contributed by atoms with Gasteiger partial charge in [0, 0.05) is 65.4 Å². The fourth-order valence-electron chi connectivity index (χ4n) is 6.55. The third kappa shape index (κ3) is 5.71. The molecule has 230 valence electrons. The van der Waals surface area contributed by atoms with E-state index in [0.717, 1.165) is 58.3 Å². The van der Waals surface area contributed by atoms with Gasteiger partial charge in [0.05, 0.1) is 0 Å². The molecule has 0 atom stereocenters. The van der Waals surface area contributed by atoms with Crippen molar-refractivity contribution in [2.75, 3.05) is 41.9 Å². The third-order valence-electron chi connectivity index (χ3n) is 9.44. The lowest BCUT2D eigenvalue weighted by Crippen LogP contribution is -2.44. The summed E-state index contributed by atoms with van der Waals surface area (Å²) in [6.45, 7) is 11.8. The molecule has 6 nitrogen and oxygen atoms in total. The van der Waals surface area contributed by atoms with Crippen molar-refractivity contribution in [1.82, 2.24) is 0 Å². The number of nitrogens with zero attached hydrogens (tertiary/aromatic N) is 4. The predicted octanol–water partition coefficient (Wildman–Crippen LogP) is 9.11. The van der Waals surface area contributed by atoms with Gasteiger partial charge in [-0.1, -0.05) is 39.8 Å². The van der Waals surface area contributed by atoms with Gasteiger partial charge in [-0.05, 0) is 107 Å². The Morgan fingerprint density at radius 1 is 0.844 bits per heavy atom. The van der Waals surface area contributed by atoms with Crippen LogP contribution >= 0.6 is 11.3 Å². The number of carboxylic acids is 1. The molecule has 0 saturated carbocycles. The first-order chi connectivity index (χ1) is 21.4. The van der Waals surface area contributed by atoms with Gasteiger partial charge in [-0.25, -0.2) is 4.79 Å². The summed E-state index contributed by atoms with van der Waals surface area (Å²) in [5.41, 5.74) is 9.70. The van der Waals surface area contributed by atoms with Crippen molar-refractivity contribution in [2.24, 2.45) is 0 Å². The second-order valence-electron chi connectivity index (χ2n) is 13.6. The van der Waals surface area contributed by atoms with Crippen LogP contribution in [0.5, 0.6) is 0 Å². The minimum atomic E-state index is -1.22. The summed E-state index contributed by atoms with van der Waals surface area (Å²) in [4.78, 5) is 20.2. The Labute approximate surface area is 270 Å². The summed E-state index contributed by atoms with van der Waals surface area (Å²) >= 11 is 1.47. The minimum Gasteiger partial charge on any atom is -0.477 e. The van der Waals surface area contributed by atoms with Crippen LogP contribution in [0.15, 0.2) is 78.4 Å². The molecule has 2 aliphatic rings. The molecule has 1 N–H and O–H groups in total. The van der Waals surface area contributed by atoms with E-state index in [4.69, 9.17) is 5.26 Å². The highest BCUT2D eigenvalue weighted by atomic mass is 32.1. The van der Waals surface area contributed by atoms with Crippen LogP contribution in [0.1, 0.15) is 56.5 Å². The van der Waals surface area contributed by atoms with Gasteiger partial charge in [0.2, 0.25) is 0 Å². The van der Waals surface area contributed by atoms with Crippen molar-refractivity contribution in [2.45, 2.75) is 51.4 Å². The van der Waals surface area contributed by atoms with Crippen LogP contribution in [-0.4, -0.2) is 38.3 Å². The number of hydrogen-bond acceptors (Lipinski definition) is 6. The zero-order valence-corrected chi connectivity index (χ0v) is 27.7. The average molecular weight is 617 g/mol. The molecule has 3 aromatic carbocycles. The minimum absolute atomic E-state index is 0.0751. The Hall–Kier alpha value is -4.54. The van der Waals surface area contributed by atoms with E-state index in [1.54, 1.807) is 6.07 Å². The van der Waals surface area contributed by atoms with Gasteiger partial charge >= 0.3 is 5.97 Å². The predicted molar refractivity (Wildman–Crippen MR) is 187 cm³/mol. The van der Waals surface area contributed by atoms with Crippen molar-refractivity contribution >= 4 is 51.8 Å². The van der Waals surface area contributed by atoms with Crippen molar-refractivity contribution in [3.8, 4) is 16.5 Å². The van der Waals surface area contributed by atoms with E-state index in [0.29, 0.717) is 0 Å². The number of carboxylic acid groups (broad SMARTS) is 1. The van der Waals surface area contributed by atoms with Crippen LogP contribution in [0, 0.1) is 11.3 Å². The van der Waals surface area contributed by atoms with E-state index in [1.165, 1.54) is 39.9 Å². The molecule has 0 radical (unpaired) electrons. The highest BCUT2D eigenvalue weighted by molar-refractivity contribution is 7.16. The molecule has 1 aromatic heterocycles. The molecule has 3 heterocycles. The van der Waals surface area contributed by atoms with Crippen LogP contribution in [0.2, 0.25) is 0 Å². The Morgan fingerprint density at radius 3 is 1.89 bits per heavy atom. The molecule has 2 aliphatic heterocycles. The Bertz CT molecular complexity index is 1780. The summed E-state index contributed by atoms with van der Waals surface area (Å²) in [6.07, 6.45) is 3.70. The standard InChI is InChI=1S/C38H40N4O2S/c1-37(2)17-19-41-20-18-38(3,4)33-23-30(22-32(37)35(33)41)42(29-13-11-27(12-14-29)40(5)6)28-9-7-25(8-10-28)34-16-15-31(45-34)21-26(24-39)36(43)44/h7-16,21-23H,17-20H2,1-6H3,(H,43,44). The number of anilines is 5. The molecule has 0 bridgehead atoms. The lowest BCUT2D eigenvalue weighted by atomic mass is 9.69. The van der Waals surface area contributed by atoms with Crippen molar-refractivity contribution in [1.29, 1.82) is 5.26 Å². The second-order valence-corrected chi connectivity index (χ2v) is 14.7. The average Bonchev–Trinajstić information content (AvgIpc) is 3.48. The summed E-state index contributed by atoms with van der Waals surface area (Å²) < 4.78 is 0. The van der Waals surface area contributed by atoms with E-state index >= 15 is 0 Å². The number of rotatable bonds is 7. The maximum atomic E-state index is 11.3. The van der Waals surface area contributed by atoms with Crippen molar-refractivity contribution < 1.29 is 9.90 Å². The fraction of sp³-hybridized carbons (Fsp3) is 0.316. The number of aliphatic carboxylic acids is 1. The number of nitriles is 1. The zero-order valence-electron chi connectivity index (χ0n) is 26.9. The van der Waals surface area contributed by atoms with Crippen LogP contribution in [0.3, 0.4) is 0 Å². The molecule has 0 fully saturated rings. The maximum Gasteiger partial charge on any atom is 0.346 e. The number of carbonyl (C=O) groups is 1. The van der Waals surface area contributed by atoms with Crippen LogP contribution in [-0.2, 0) is 15.6 Å². The van der Waals surface area contributed by atoms with Gasteiger partial charge in [0.15, 0.2) is 0 Å². The molecule has 0 spiro atoms. The van der Waals surface area contributed by atoms with Gasteiger partial charge < -0.3 is 19.8 Å². The van der Waals surface area contributed by atoms with E-state index < -0.39 is 5.97 Å². The van der Waals surface area contributed by atoms with Gasteiger partial charge in [-0.15, -0.1) is 11.3 Å². The van der Waals surface area contributed by atoms with Gasteiger partial charge in [0.25, 0.3) is 0 Å². The van der Waals surface area contributed by atoms with E-state index in [-0.39, 0.29) is 16.4 Å². The summed E-state index contributed by atoms with van der Waals surface area (Å²) in [5.74, 6) is -1.22. The van der Waals surface area contributed by atoms with Crippen molar-refractivity contribution in [3.05, 3.63) is 94.4 Å². The normalized spacial score (nSPS) is 16.5. The number of thiophene rings is 1. The smallest absolute Gasteiger partial charge is 0.346 e. The zero-order chi connectivity index (χ0) is 32.1. The van der Waals surface area contributed by atoms with Gasteiger partial charge in [-0.3, -0.25) is 0 Å². The van der Waals surface area contributed by atoms with E-state index in [2.05, 4.69) is 117 Å². The lowest BCUT2D eigenvalue weighted by molar-refractivity contribution is -0.132.